The van der Waals surface area contributed by atoms with E-state index in [1.807, 2.05) is 6.92 Å². The molecule has 0 radical (unpaired) electrons. The molecule has 2 aromatic heterocycles. The summed E-state index contributed by atoms with van der Waals surface area (Å²) < 4.78 is 5.28. The number of methoxy groups -OCH3 is 1. The third-order valence-electron chi connectivity index (χ3n) is 3.96. The van der Waals surface area contributed by atoms with E-state index < -0.39 is 11.7 Å². The normalized spacial score (nSPS) is 18.5. The summed E-state index contributed by atoms with van der Waals surface area (Å²) in [5.74, 6) is -0.497. The van der Waals surface area contributed by atoms with Crippen LogP contribution in [0.1, 0.15) is 17.3 Å². The second kappa shape index (κ2) is 5.76. The molecule has 3 heterocycles. The van der Waals surface area contributed by atoms with Crippen molar-refractivity contribution in [3.05, 3.63) is 24.0 Å². The third-order valence-corrected chi connectivity index (χ3v) is 3.96. The first-order valence-electron chi connectivity index (χ1n) is 7.19. The van der Waals surface area contributed by atoms with Crippen LogP contribution in [0.15, 0.2) is 18.5 Å². The number of aromatic amines is 1. The van der Waals surface area contributed by atoms with Gasteiger partial charge in [0.25, 0.3) is 11.7 Å². The number of H-pyrrole nitrogens is 1. The van der Waals surface area contributed by atoms with Crippen molar-refractivity contribution in [1.82, 2.24) is 20.2 Å². The summed E-state index contributed by atoms with van der Waals surface area (Å²) in [6, 6.07) is 1.67. The van der Waals surface area contributed by atoms with Crippen LogP contribution in [0.3, 0.4) is 0 Å². The van der Waals surface area contributed by atoms with Gasteiger partial charge in [-0.1, -0.05) is 0 Å². The predicted molar refractivity (Wildman–Crippen MR) is 81.0 cm³/mol. The number of carbonyl (C=O) groups excluding carboxylic acids is 2. The van der Waals surface area contributed by atoms with E-state index in [-0.39, 0.29) is 6.04 Å². The number of rotatable bonds is 3. The third kappa shape index (κ3) is 2.33. The molecule has 1 saturated heterocycles. The predicted octanol–water partition coefficient (Wildman–Crippen LogP) is 0.575. The van der Waals surface area contributed by atoms with Gasteiger partial charge in [-0.25, -0.2) is 4.98 Å². The lowest BCUT2D eigenvalue weighted by Crippen LogP contribution is -2.54. The van der Waals surface area contributed by atoms with Gasteiger partial charge in [0.15, 0.2) is 0 Å². The zero-order chi connectivity index (χ0) is 15.7. The molecule has 7 nitrogen and oxygen atoms in total. The van der Waals surface area contributed by atoms with Gasteiger partial charge in [-0.2, -0.15) is 0 Å². The highest BCUT2D eigenvalue weighted by Gasteiger charge is 2.30. The highest BCUT2D eigenvalue weighted by Crippen LogP contribution is 2.27. The van der Waals surface area contributed by atoms with Crippen molar-refractivity contribution in [2.75, 3.05) is 26.7 Å². The van der Waals surface area contributed by atoms with Crippen LogP contribution >= 0.6 is 0 Å². The molecule has 0 aromatic carbocycles. The lowest BCUT2D eigenvalue weighted by atomic mass is 10.1. The number of aromatic nitrogens is 2. The minimum Gasteiger partial charge on any atom is -0.496 e. The van der Waals surface area contributed by atoms with Crippen LogP contribution < -0.4 is 10.1 Å². The zero-order valence-electron chi connectivity index (χ0n) is 12.5. The standard InChI is InChI=1S/C15H18N4O3/c1-9-7-16-5-6-19(9)15(21)13(20)10-8-18-14-12(10)11(22-2)3-4-17-14/h3-4,8-9,16H,5-7H2,1-2H3,(H,17,18). The lowest BCUT2D eigenvalue weighted by Gasteiger charge is -2.33. The Bertz CT molecular complexity index is 725. The molecule has 2 aromatic rings. The summed E-state index contributed by atoms with van der Waals surface area (Å²) in [4.78, 5) is 33.8. The molecule has 7 heteroatoms. The first-order valence-corrected chi connectivity index (χ1v) is 7.19. The van der Waals surface area contributed by atoms with Crippen molar-refractivity contribution in [3.63, 3.8) is 0 Å². The fraction of sp³-hybridized carbons (Fsp3) is 0.400. The summed E-state index contributed by atoms with van der Waals surface area (Å²) in [5.41, 5.74) is 0.833. The highest BCUT2D eigenvalue weighted by atomic mass is 16.5. The van der Waals surface area contributed by atoms with Gasteiger partial charge in [0.2, 0.25) is 0 Å². The van der Waals surface area contributed by atoms with Gasteiger partial charge < -0.3 is 19.9 Å². The van der Waals surface area contributed by atoms with E-state index in [1.54, 1.807) is 17.2 Å². The molecule has 0 spiro atoms. The van der Waals surface area contributed by atoms with Crippen LogP contribution in [0, 0.1) is 0 Å². The smallest absolute Gasteiger partial charge is 0.295 e. The molecule has 1 amide bonds. The first-order chi connectivity index (χ1) is 10.6. The number of piperazine rings is 1. The van der Waals surface area contributed by atoms with Gasteiger partial charge in [-0.05, 0) is 13.0 Å². The van der Waals surface area contributed by atoms with Crippen LogP contribution in [0.4, 0.5) is 0 Å². The Labute approximate surface area is 127 Å². The Morgan fingerprint density at radius 2 is 2.27 bits per heavy atom. The molecule has 0 aliphatic carbocycles. The molecule has 1 aliphatic rings. The fourth-order valence-corrected chi connectivity index (χ4v) is 2.76. The molecule has 1 aliphatic heterocycles. The number of carbonyl (C=O) groups is 2. The van der Waals surface area contributed by atoms with E-state index in [9.17, 15) is 9.59 Å². The summed E-state index contributed by atoms with van der Waals surface area (Å²) in [6.07, 6.45) is 3.11. The second-order valence-corrected chi connectivity index (χ2v) is 5.32. The summed E-state index contributed by atoms with van der Waals surface area (Å²) in [5, 5.41) is 3.75. The Balaban J connectivity index is 1.97. The summed E-state index contributed by atoms with van der Waals surface area (Å²) in [7, 11) is 1.52. The molecule has 0 bridgehead atoms. The Morgan fingerprint density at radius 1 is 1.45 bits per heavy atom. The minimum atomic E-state index is -0.536. The van der Waals surface area contributed by atoms with Crippen molar-refractivity contribution in [3.8, 4) is 5.75 Å². The number of nitrogens with one attached hydrogen (secondary N) is 2. The molecular formula is C15H18N4O3. The Hall–Kier alpha value is -2.41. The number of nitrogens with zero attached hydrogens (tertiary/aromatic N) is 2. The van der Waals surface area contributed by atoms with E-state index in [0.717, 1.165) is 0 Å². The maximum Gasteiger partial charge on any atom is 0.295 e. The molecule has 22 heavy (non-hydrogen) atoms. The molecule has 1 fully saturated rings. The molecule has 1 unspecified atom stereocenters. The second-order valence-electron chi connectivity index (χ2n) is 5.32. The van der Waals surface area contributed by atoms with E-state index in [1.165, 1.54) is 13.3 Å². The number of amides is 1. The fourth-order valence-electron chi connectivity index (χ4n) is 2.76. The lowest BCUT2D eigenvalue weighted by molar-refractivity contribution is -0.129. The maximum atomic E-state index is 12.6. The quantitative estimate of drug-likeness (QED) is 0.639. The summed E-state index contributed by atoms with van der Waals surface area (Å²) >= 11 is 0. The minimum absolute atomic E-state index is 0.00423. The average Bonchev–Trinajstić information content (AvgIpc) is 2.98. The van der Waals surface area contributed by atoms with Gasteiger partial charge in [0.1, 0.15) is 11.4 Å². The Morgan fingerprint density at radius 3 is 3.00 bits per heavy atom. The number of ketones is 1. The van der Waals surface area contributed by atoms with Crippen LogP contribution in [0.25, 0.3) is 11.0 Å². The zero-order valence-corrected chi connectivity index (χ0v) is 12.5. The molecule has 116 valence electrons. The van der Waals surface area contributed by atoms with Crippen molar-refractivity contribution >= 4 is 22.7 Å². The number of pyridine rings is 1. The topological polar surface area (TPSA) is 87.3 Å². The van der Waals surface area contributed by atoms with Crippen LogP contribution in [0.5, 0.6) is 5.75 Å². The number of ether oxygens (including phenoxy) is 1. The SMILES string of the molecule is COc1ccnc2[nH]cc(C(=O)C(=O)N3CCNCC3C)c12. The Kier molecular flexibility index (Phi) is 3.81. The largest absolute Gasteiger partial charge is 0.496 e. The molecule has 0 saturated carbocycles. The van der Waals surface area contributed by atoms with Crippen molar-refractivity contribution in [2.24, 2.45) is 0 Å². The number of fused-ring (bicyclic) bond motifs is 1. The van der Waals surface area contributed by atoms with Crippen LogP contribution in [-0.2, 0) is 4.79 Å². The first kappa shape index (κ1) is 14.5. The van der Waals surface area contributed by atoms with Crippen LogP contribution in [0.2, 0.25) is 0 Å². The van der Waals surface area contributed by atoms with E-state index >= 15 is 0 Å². The van der Waals surface area contributed by atoms with Gasteiger partial charge in [0, 0.05) is 38.1 Å². The van der Waals surface area contributed by atoms with Crippen molar-refractivity contribution in [1.29, 1.82) is 0 Å². The number of Topliss-reactive ketones (excluding diaryl/α,β-unsaturated/α-hetero) is 1. The molecular weight excluding hydrogens is 284 g/mol. The van der Waals surface area contributed by atoms with Gasteiger partial charge in [-0.3, -0.25) is 9.59 Å². The van der Waals surface area contributed by atoms with Crippen LogP contribution in [-0.4, -0.2) is 59.3 Å². The molecule has 1 atom stereocenters. The molecule has 2 N–H and O–H groups in total. The van der Waals surface area contributed by atoms with Gasteiger partial charge in [0.05, 0.1) is 18.1 Å². The molecule has 3 rings (SSSR count). The van der Waals surface area contributed by atoms with E-state index in [0.29, 0.717) is 42.0 Å². The van der Waals surface area contributed by atoms with Crippen molar-refractivity contribution in [2.45, 2.75) is 13.0 Å². The summed E-state index contributed by atoms with van der Waals surface area (Å²) in [6.45, 7) is 3.85. The van der Waals surface area contributed by atoms with Gasteiger partial charge >= 0.3 is 0 Å². The van der Waals surface area contributed by atoms with Gasteiger partial charge in [-0.15, -0.1) is 0 Å². The van der Waals surface area contributed by atoms with Crippen molar-refractivity contribution < 1.29 is 14.3 Å². The van der Waals surface area contributed by atoms with E-state index in [2.05, 4.69) is 15.3 Å². The van der Waals surface area contributed by atoms with E-state index in [4.69, 9.17) is 4.74 Å². The maximum absolute atomic E-state index is 12.6. The highest BCUT2D eigenvalue weighted by molar-refractivity contribution is 6.45. The average molecular weight is 302 g/mol. The number of hydrogen-bond acceptors (Lipinski definition) is 5. The monoisotopic (exact) mass is 302 g/mol. The number of hydrogen-bond donors (Lipinski definition) is 2.